The third-order valence-corrected chi connectivity index (χ3v) is 5.66. The number of halogens is 1. The molecule has 9 heteroatoms. The summed E-state index contributed by atoms with van der Waals surface area (Å²) in [6, 6.07) is 18.1. The van der Waals surface area contributed by atoms with Gasteiger partial charge in [0, 0.05) is 21.8 Å². The molecule has 0 saturated carbocycles. The number of fused-ring (bicyclic) bond motifs is 1. The van der Waals surface area contributed by atoms with Crippen molar-refractivity contribution in [1.29, 1.82) is 0 Å². The fourth-order valence-corrected chi connectivity index (χ4v) is 4.06. The standard InChI is InChI=1S/C21H14ClN5O2S/c1-12-24-25-21-27(12)26-20(30-21)13-5-7-16(8-6-13)23-19(28)18-10-9-17(29-18)14-3-2-4-15(22)11-14/h2-11H,1H3,(H,23,28). The second-order valence-electron chi connectivity index (χ2n) is 6.55. The van der Waals surface area contributed by atoms with Gasteiger partial charge in [-0.3, -0.25) is 4.79 Å². The number of amides is 1. The van der Waals surface area contributed by atoms with Gasteiger partial charge in [0.2, 0.25) is 4.96 Å². The van der Waals surface area contributed by atoms with E-state index in [1.165, 1.54) is 11.3 Å². The monoisotopic (exact) mass is 435 g/mol. The van der Waals surface area contributed by atoms with Crippen molar-refractivity contribution in [2.75, 3.05) is 5.32 Å². The van der Waals surface area contributed by atoms with Gasteiger partial charge in [0.25, 0.3) is 5.91 Å². The van der Waals surface area contributed by atoms with Crippen molar-refractivity contribution in [2.45, 2.75) is 6.92 Å². The van der Waals surface area contributed by atoms with Crippen LogP contribution < -0.4 is 5.32 Å². The van der Waals surface area contributed by atoms with E-state index in [0.29, 0.717) is 16.5 Å². The van der Waals surface area contributed by atoms with Crippen LogP contribution in [0.15, 0.2) is 65.1 Å². The number of aromatic nitrogens is 4. The predicted molar refractivity (Wildman–Crippen MR) is 116 cm³/mol. The SMILES string of the molecule is Cc1nnc2sc(-c3ccc(NC(=O)c4ccc(-c5cccc(Cl)c5)o4)cc3)nn12. The first kappa shape index (κ1) is 18.5. The number of carbonyl (C=O) groups excluding carboxylic acids is 1. The minimum Gasteiger partial charge on any atom is -0.451 e. The summed E-state index contributed by atoms with van der Waals surface area (Å²) >= 11 is 7.48. The number of furan rings is 1. The zero-order chi connectivity index (χ0) is 20.7. The van der Waals surface area contributed by atoms with Crippen molar-refractivity contribution >= 4 is 39.5 Å². The average Bonchev–Trinajstić information content (AvgIpc) is 3.46. The molecule has 148 valence electrons. The summed E-state index contributed by atoms with van der Waals surface area (Å²) in [7, 11) is 0. The van der Waals surface area contributed by atoms with Gasteiger partial charge in [-0.25, -0.2) is 0 Å². The lowest BCUT2D eigenvalue weighted by molar-refractivity contribution is 0.0997. The molecule has 0 unspecified atom stereocenters. The quantitative estimate of drug-likeness (QED) is 0.412. The maximum Gasteiger partial charge on any atom is 0.291 e. The van der Waals surface area contributed by atoms with Gasteiger partial charge in [-0.1, -0.05) is 35.1 Å². The van der Waals surface area contributed by atoms with E-state index in [0.717, 1.165) is 26.9 Å². The molecule has 0 atom stereocenters. The molecule has 30 heavy (non-hydrogen) atoms. The molecule has 1 amide bonds. The highest BCUT2D eigenvalue weighted by atomic mass is 35.5. The second-order valence-corrected chi connectivity index (χ2v) is 7.95. The Hall–Kier alpha value is -3.49. The smallest absolute Gasteiger partial charge is 0.291 e. The Labute approximate surface area is 179 Å². The van der Waals surface area contributed by atoms with E-state index < -0.39 is 0 Å². The summed E-state index contributed by atoms with van der Waals surface area (Å²) in [5.41, 5.74) is 2.40. The molecule has 0 saturated heterocycles. The van der Waals surface area contributed by atoms with Crippen molar-refractivity contribution < 1.29 is 9.21 Å². The summed E-state index contributed by atoms with van der Waals surface area (Å²) in [4.78, 5) is 13.3. The summed E-state index contributed by atoms with van der Waals surface area (Å²) in [5, 5.41) is 16.9. The number of nitrogens with zero attached hydrogens (tertiary/aromatic N) is 4. The van der Waals surface area contributed by atoms with Crippen molar-refractivity contribution in [1.82, 2.24) is 19.8 Å². The summed E-state index contributed by atoms with van der Waals surface area (Å²) in [5.74, 6) is 1.21. The van der Waals surface area contributed by atoms with Crippen molar-refractivity contribution in [3.05, 3.63) is 77.3 Å². The molecule has 3 heterocycles. The molecule has 1 N–H and O–H groups in total. The fourth-order valence-electron chi connectivity index (χ4n) is 2.98. The Morgan fingerprint density at radius 1 is 1.07 bits per heavy atom. The van der Waals surface area contributed by atoms with Crippen LogP contribution in [0.1, 0.15) is 16.4 Å². The van der Waals surface area contributed by atoms with Crippen molar-refractivity contribution in [3.63, 3.8) is 0 Å². The van der Waals surface area contributed by atoms with E-state index in [1.807, 2.05) is 43.3 Å². The molecule has 0 aliphatic carbocycles. The number of aryl methyl sites for hydroxylation is 1. The third-order valence-electron chi connectivity index (χ3n) is 4.48. The number of nitrogens with one attached hydrogen (secondary N) is 1. The van der Waals surface area contributed by atoms with E-state index in [9.17, 15) is 4.79 Å². The molecule has 0 aliphatic rings. The van der Waals surface area contributed by atoms with Gasteiger partial charge >= 0.3 is 0 Å². The first-order valence-corrected chi connectivity index (χ1v) is 10.2. The molecule has 5 aromatic rings. The lowest BCUT2D eigenvalue weighted by atomic mass is 10.2. The molecule has 7 nitrogen and oxygen atoms in total. The number of anilines is 1. The van der Waals surface area contributed by atoms with Crippen LogP contribution in [0.4, 0.5) is 5.69 Å². The highest BCUT2D eigenvalue weighted by Gasteiger charge is 2.14. The number of benzene rings is 2. The zero-order valence-electron chi connectivity index (χ0n) is 15.7. The minimum atomic E-state index is -0.328. The topological polar surface area (TPSA) is 85.3 Å². The van der Waals surface area contributed by atoms with Crippen LogP contribution in [0.2, 0.25) is 5.02 Å². The van der Waals surface area contributed by atoms with Crippen LogP contribution in [0.3, 0.4) is 0 Å². The zero-order valence-corrected chi connectivity index (χ0v) is 17.2. The van der Waals surface area contributed by atoms with E-state index in [-0.39, 0.29) is 11.7 Å². The van der Waals surface area contributed by atoms with Gasteiger partial charge in [0.15, 0.2) is 11.6 Å². The summed E-state index contributed by atoms with van der Waals surface area (Å²) < 4.78 is 7.41. The van der Waals surface area contributed by atoms with Crippen LogP contribution in [0, 0.1) is 6.92 Å². The van der Waals surface area contributed by atoms with E-state index in [1.54, 1.807) is 28.8 Å². The Bertz CT molecular complexity index is 1370. The van der Waals surface area contributed by atoms with Gasteiger partial charge in [-0.05, 0) is 55.5 Å². The molecule has 3 aromatic heterocycles. The van der Waals surface area contributed by atoms with Gasteiger partial charge in [0.1, 0.15) is 10.8 Å². The van der Waals surface area contributed by atoms with E-state index >= 15 is 0 Å². The van der Waals surface area contributed by atoms with Crippen LogP contribution in [-0.4, -0.2) is 25.7 Å². The number of hydrogen-bond acceptors (Lipinski definition) is 6. The molecule has 0 spiro atoms. The lowest BCUT2D eigenvalue weighted by Crippen LogP contribution is -2.10. The molecule has 0 aliphatic heterocycles. The highest BCUT2D eigenvalue weighted by molar-refractivity contribution is 7.19. The van der Waals surface area contributed by atoms with Crippen LogP contribution >= 0.6 is 22.9 Å². The maximum absolute atomic E-state index is 12.5. The molecular formula is C21H14ClN5O2S. The number of hydrogen-bond donors (Lipinski definition) is 1. The van der Waals surface area contributed by atoms with Crippen molar-refractivity contribution in [3.8, 4) is 21.9 Å². The fraction of sp³-hybridized carbons (Fsp3) is 0.0476. The Morgan fingerprint density at radius 3 is 2.67 bits per heavy atom. The Balaban J connectivity index is 1.31. The minimum absolute atomic E-state index is 0.221. The molecule has 0 radical (unpaired) electrons. The molecule has 2 aromatic carbocycles. The number of carbonyl (C=O) groups is 1. The molecule has 0 fully saturated rings. The Morgan fingerprint density at radius 2 is 1.90 bits per heavy atom. The first-order valence-electron chi connectivity index (χ1n) is 9.03. The van der Waals surface area contributed by atoms with Gasteiger partial charge in [-0.2, -0.15) is 9.61 Å². The summed E-state index contributed by atoms with van der Waals surface area (Å²) in [6.07, 6.45) is 0. The second kappa shape index (κ2) is 7.40. The van der Waals surface area contributed by atoms with E-state index in [2.05, 4.69) is 20.6 Å². The number of rotatable bonds is 4. The maximum atomic E-state index is 12.5. The van der Waals surface area contributed by atoms with Crippen molar-refractivity contribution in [2.24, 2.45) is 0 Å². The van der Waals surface area contributed by atoms with Crippen LogP contribution in [0.5, 0.6) is 0 Å². The molecule has 0 bridgehead atoms. The van der Waals surface area contributed by atoms with Gasteiger partial charge in [-0.15, -0.1) is 10.2 Å². The molecule has 5 rings (SSSR count). The van der Waals surface area contributed by atoms with Gasteiger partial charge < -0.3 is 9.73 Å². The van der Waals surface area contributed by atoms with Gasteiger partial charge in [0.05, 0.1) is 0 Å². The summed E-state index contributed by atoms with van der Waals surface area (Å²) in [6.45, 7) is 1.86. The largest absolute Gasteiger partial charge is 0.451 e. The van der Waals surface area contributed by atoms with E-state index in [4.69, 9.17) is 16.0 Å². The lowest BCUT2D eigenvalue weighted by Gasteiger charge is -2.04. The average molecular weight is 436 g/mol. The third kappa shape index (κ3) is 3.47. The first-order chi connectivity index (χ1) is 14.6. The Kier molecular flexibility index (Phi) is 4.57. The van der Waals surface area contributed by atoms with Crippen LogP contribution in [-0.2, 0) is 0 Å². The normalized spacial score (nSPS) is 11.1. The molecular weight excluding hydrogens is 422 g/mol. The predicted octanol–water partition coefficient (Wildman–Crippen LogP) is 5.33. The highest BCUT2D eigenvalue weighted by Crippen LogP contribution is 2.28. The van der Waals surface area contributed by atoms with Crippen LogP contribution in [0.25, 0.3) is 26.9 Å².